The number of para-hydroxylation sites is 1. The molecular formula is C14H8ClFN2O3. The molecular weight excluding hydrogens is 299 g/mol. The second kappa shape index (κ2) is 4.75. The summed E-state index contributed by atoms with van der Waals surface area (Å²) in [4.78, 5) is 25.7. The second-order valence-electron chi connectivity index (χ2n) is 4.37. The fraction of sp³-hybridized carbons (Fsp3) is 0. The van der Waals surface area contributed by atoms with Gasteiger partial charge in [0.05, 0.1) is 22.3 Å². The smallest absolute Gasteiger partial charge is 0.337 e. The highest BCUT2D eigenvalue weighted by molar-refractivity contribution is 6.30. The molecule has 0 aliphatic carbocycles. The highest BCUT2D eigenvalue weighted by atomic mass is 35.5. The van der Waals surface area contributed by atoms with E-state index in [0.717, 1.165) is 10.6 Å². The van der Waals surface area contributed by atoms with Crippen molar-refractivity contribution in [2.45, 2.75) is 0 Å². The molecule has 21 heavy (non-hydrogen) atoms. The number of H-pyrrole nitrogens is 1. The first-order chi connectivity index (χ1) is 9.99. The number of aromatic nitrogens is 2. The molecule has 2 N–H and O–H groups in total. The van der Waals surface area contributed by atoms with Gasteiger partial charge in [-0.1, -0.05) is 17.7 Å². The third-order valence-electron chi connectivity index (χ3n) is 3.10. The highest BCUT2D eigenvalue weighted by Crippen LogP contribution is 2.23. The molecule has 0 radical (unpaired) electrons. The van der Waals surface area contributed by atoms with Crippen molar-refractivity contribution in [2.24, 2.45) is 0 Å². The SMILES string of the molecule is O=C(O)c1cccc2c1[nH]c(=O)n2-c1cc(Cl)ccc1F. The topological polar surface area (TPSA) is 75.1 Å². The van der Waals surface area contributed by atoms with Crippen LogP contribution in [-0.2, 0) is 0 Å². The number of nitrogens with one attached hydrogen (secondary N) is 1. The van der Waals surface area contributed by atoms with Crippen LogP contribution in [0.15, 0.2) is 41.2 Å². The van der Waals surface area contributed by atoms with E-state index in [1.165, 1.54) is 30.3 Å². The Hall–Kier alpha value is -2.60. The molecule has 1 aromatic heterocycles. The first-order valence-electron chi connectivity index (χ1n) is 5.91. The fourth-order valence-corrected chi connectivity index (χ4v) is 2.37. The largest absolute Gasteiger partial charge is 0.478 e. The first kappa shape index (κ1) is 13.4. The van der Waals surface area contributed by atoms with Crippen LogP contribution in [0.1, 0.15) is 10.4 Å². The average Bonchev–Trinajstić information content (AvgIpc) is 2.77. The van der Waals surface area contributed by atoms with Gasteiger partial charge in [0.15, 0.2) is 0 Å². The number of nitrogens with zero attached hydrogens (tertiary/aromatic N) is 1. The molecule has 1 heterocycles. The van der Waals surface area contributed by atoms with Gasteiger partial charge in [0.25, 0.3) is 0 Å². The average molecular weight is 307 g/mol. The minimum Gasteiger partial charge on any atom is -0.478 e. The molecule has 0 aliphatic rings. The molecule has 3 aromatic rings. The molecule has 0 saturated carbocycles. The van der Waals surface area contributed by atoms with Crippen LogP contribution in [0.3, 0.4) is 0 Å². The van der Waals surface area contributed by atoms with Crippen molar-refractivity contribution in [1.29, 1.82) is 0 Å². The van der Waals surface area contributed by atoms with Crippen molar-refractivity contribution in [3.8, 4) is 5.69 Å². The van der Waals surface area contributed by atoms with Crippen LogP contribution < -0.4 is 5.69 Å². The van der Waals surface area contributed by atoms with E-state index in [1.54, 1.807) is 0 Å². The van der Waals surface area contributed by atoms with Gasteiger partial charge in [-0.15, -0.1) is 0 Å². The van der Waals surface area contributed by atoms with E-state index < -0.39 is 17.5 Å². The summed E-state index contributed by atoms with van der Waals surface area (Å²) in [5, 5.41) is 9.39. The number of hydrogen-bond acceptors (Lipinski definition) is 2. The number of aromatic carboxylic acids is 1. The third-order valence-corrected chi connectivity index (χ3v) is 3.33. The van der Waals surface area contributed by atoms with Crippen molar-refractivity contribution in [1.82, 2.24) is 9.55 Å². The van der Waals surface area contributed by atoms with Crippen LogP contribution in [0.4, 0.5) is 4.39 Å². The van der Waals surface area contributed by atoms with Gasteiger partial charge in [-0.3, -0.25) is 4.57 Å². The van der Waals surface area contributed by atoms with E-state index in [2.05, 4.69) is 4.98 Å². The van der Waals surface area contributed by atoms with Gasteiger partial charge in [-0.25, -0.2) is 14.0 Å². The summed E-state index contributed by atoms with van der Waals surface area (Å²) in [6.07, 6.45) is 0. The highest BCUT2D eigenvalue weighted by Gasteiger charge is 2.17. The zero-order valence-corrected chi connectivity index (χ0v) is 11.2. The molecule has 0 aliphatic heterocycles. The molecule has 7 heteroatoms. The van der Waals surface area contributed by atoms with Crippen LogP contribution in [0.25, 0.3) is 16.7 Å². The number of carbonyl (C=O) groups is 1. The van der Waals surface area contributed by atoms with E-state index in [1.807, 2.05) is 0 Å². The van der Waals surface area contributed by atoms with E-state index in [9.17, 15) is 14.0 Å². The van der Waals surface area contributed by atoms with Crippen molar-refractivity contribution in [2.75, 3.05) is 0 Å². The van der Waals surface area contributed by atoms with Crippen molar-refractivity contribution < 1.29 is 14.3 Å². The number of carboxylic acid groups (broad SMARTS) is 1. The number of benzene rings is 2. The minimum atomic E-state index is -1.18. The Kier molecular flexibility index (Phi) is 3.03. The molecule has 0 bridgehead atoms. The van der Waals surface area contributed by atoms with Crippen LogP contribution in [0, 0.1) is 5.82 Å². The molecule has 0 unspecified atom stereocenters. The first-order valence-corrected chi connectivity index (χ1v) is 6.29. The number of rotatable bonds is 2. The van der Waals surface area contributed by atoms with Gasteiger partial charge in [-0.05, 0) is 30.3 Å². The predicted octanol–water partition coefficient (Wildman–Crippen LogP) is 2.81. The maximum atomic E-state index is 14.0. The number of imidazole rings is 1. The fourth-order valence-electron chi connectivity index (χ4n) is 2.20. The summed E-state index contributed by atoms with van der Waals surface area (Å²) in [5.74, 6) is -1.82. The number of halogens is 2. The number of carboxylic acids is 1. The van der Waals surface area contributed by atoms with E-state index >= 15 is 0 Å². The zero-order valence-electron chi connectivity index (χ0n) is 10.4. The molecule has 0 saturated heterocycles. The Bertz CT molecular complexity index is 930. The maximum Gasteiger partial charge on any atom is 0.337 e. The molecule has 0 amide bonds. The Morgan fingerprint density at radius 3 is 2.76 bits per heavy atom. The summed E-state index contributed by atoms with van der Waals surface area (Å²) in [6.45, 7) is 0. The number of aromatic amines is 1. The lowest BCUT2D eigenvalue weighted by atomic mass is 10.2. The van der Waals surface area contributed by atoms with E-state index in [-0.39, 0.29) is 27.3 Å². The van der Waals surface area contributed by atoms with Gasteiger partial charge in [-0.2, -0.15) is 0 Å². The van der Waals surface area contributed by atoms with Gasteiger partial charge < -0.3 is 10.1 Å². The summed E-state index contributed by atoms with van der Waals surface area (Å²) in [7, 11) is 0. The Morgan fingerprint density at radius 2 is 2.05 bits per heavy atom. The van der Waals surface area contributed by atoms with E-state index in [0.29, 0.717) is 0 Å². The maximum absolute atomic E-state index is 14.0. The molecule has 0 atom stereocenters. The number of hydrogen-bond donors (Lipinski definition) is 2. The second-order valence-corrected chi connectivity index (χ2v) is 4.80. The molecule has 2 aromatic carbocycles. The standard InChI is InChI=1S/C14H8ClFN2O3/c15-7-4-5-9(16)11(6-7)18-10-3-1-2-8(13(19)20)12(10)17-14(18)21/h1-6H,(H,17,21)(H,19,20). The third kappa shape index (κ3) is 2.09. The predicted molar refractivity (Wildman–Crippen MR) is 75.8 cm³/mol. The van der Waals surface area contributed by atoms with Gasteiger partial charge >= 0.3 is 11.7 Å². The zero-order chi connectivity index (χ0) is 15.1. The molecule has 0 fully saturated rings. The molecule has 0 spiro atoms. The van der Waals surface area contributed by atoms with Crippen LogP contribution in [0.5, 0.6) is 0 Å². The van der Waals surface area contributed by atoms with Crippen LogP contribution >= 0.6 is 11.6 Å². The lowest BCUT2D eigenvalue weighted by Gasteiger charge is -2.06. The van der Waals surface area contributed by atoms with E-state index in [4.69, 9.17) is 16.7 Å². The summed E-state index contributed by atoms with van der Waals surface area (Å²) in [5.41, 5.74) is -0.345. The minimum absolute atomic E-state index is 0.0405. The van der Waals surface area contributed by atoms with Crippen LogP contribution in [0.2, 0.25) is 5.02 Å². The lowest BCUT2D eigenvalue weighted by molar-refractivity contribution is 0.0699. The van der Waals surface area contributed by atoms with Gasteiger partial charge in [0.1, 0.15) is 5.82 Å². The molecule has 5 nitrogen and oxygen atoms in total. The summed E-state index contributed by atoms with van der Waals surface area (Å²) >= 11 is 5.83. The van der Waals surface area contributed by atoms with Gasteiger partial charge in [0, 0.05) is 5.02 Å². The Balaban J connectivity index is 2.42. The lowest BCUT2D eigenvalue weighted by Crippen LogP contribution is -2.15. The quantitative estimate of drug-likeness (QED) is 0.764. The van der Waals surface area contributed by atoms with Crippen LogP contribution in [-0.4, -0.2) is 20.6 Å². The summed E-state index contributed by atoms with van der Waals surface area (Å²) < 4.78 is 15.0. The Morgan fingerprint density at radius 1 is 1.29 bits per heavy atom. The van der Waals surface area contributed by atoms with Crippen molar-refractivity contribution >= 4 is 28.6 Å². The van der Waals surface area contributed by atoms with Gasteiger partial charge in [0.2, 0.25) is 0 Å². The monoisotopic (exact) mass is 306 g/mol. The van der Waals surface area contributed by atoms with Crippen molar-refractivity contribution in [3.63, 3.8) is 0 Å². The molecule has 3 rings (SSSR count). The Labute approximate surface area is 122 Å². The normalized spacial score (nSPS) is 11.0. The molecule has 106 valence electrons. The summed E-state index contributed by atoms with van der Waals surface area (Å²) in [6, 6.07) is 8.18. The van der Waals surface area contributed by atoms with Crippen molar-refractivity contribution in [3.05, 3.63) is 63.3 Å². The number of fused-ring (bicyclic) bond motifs is 1.